The van der Waals surface area contributed by atoms with Crippen molar-refractivity contribution in [3.63, 3.8) is 0 Å². The Morgan fingerprint density at radius 3 is 2.59 bits per heavy atom. The minimum Gasteiger partial charge on any atom is -0.342 e. The van der Waals surface area contributed by atoms with Crippen LogP contribution < -0.4 is 5.32 Å². The molecule has 2 aromatic rings. The Labute approximate surface area is 182 Å². The van der Waals surface area contributed by atoms with E-state index in [1.54, 1.807) is 12.1 Å². The van der Waals surface area contributed by atoms with Crippen LogP contribution in [0.5, 0.6) is 0 Å². The molecule has 0 atom stereocenters. The van der Waals surface area contributed by atoms with Gasteiger partial charge >= 0.3 is 0 Å². The van der Waals surface area contributed by atoms with Crippen LogP contribution in [-0.4, -0.2) is 35.6 Å². The Balaban J connectivity index is 1.64. The molecule has 2 amide bonds. The van der Waals surface area contributed by atoms with E-state index in [0.29, 0.717) is 28.1 Å². The number of amides is 2. The number of halogens is 1. The Morgan fingerprint density at radius 2 is 1.86 bits per heavy atom. The van der Waals surface area contributed by atoms with Gasteiger partial charge in [-0.3, -0.25) is 9.59 Å². The first-order valence-corrected chi connectivity index (χ1v) is 11.4. The summed E-state index contributed by atoms with van der Waals surface area (Å²) in [6.45, 7) is 1.92. The van der Waals surface area contributed by atoms with Crippen molar-refractivity contribution in [1.82, 2.24) is 4.90 Å². The molecule has 1 aliphatic carbocycles. The molecule has 0 aliphatic heterocycles. The summed E-state index contributed by atoms with van der Waals surface area (Å²) in [5.41, 5.74) is 2.17. The number of nitrogens with zero attached hydrogens (tertiary/aromatic N) is 1. The summed E-state index contributed by atoms with van der Waals surface area (Å²) < 4.78 is 0. The minimum absolute atomic E-state index is 0.113. The molecular formula is C23H27ClN2O2S. The zero-order valence-corrected chi connectivity index (χ0v) is 18.5. The van der Waals surface area contributed by atoms with Crippen molar-refractivity contribution < 1.29 is 9.59 Å². The van der Waals surface area contributed by atoms with E-state index in [9.17, 15) is 9.59 Å². The number of rotatable bonds is 6. The normalized spacial score (nSPS) is 14.4. The summed E-state index contributed by atoms with van der Waals surface area (Å²) in [7, 11) is 1.90. The molecule has 3 rings (SSSR count). The lowest BCUT2D eigenvalue weighted by Crippen LogP contribution is -2.39. The molecular weight excluding hydrogens is 404 g/mol. The van der Waals surface area contributed by atoms with Crippen molar-refractivity contribution in [2.45, 2.75) is 50.0 Å². The van der Waals surface area contributed by atoms with Crippen molar-refractivity contribution in [2.24, 2.45) is 0 Å². The van der Waals surface area contributed by atoms with Crippen LogP contribution in [0.4, 0.5) is 5.69 Å². The molecule has 1 aliphatic rings. The molecule has 0 saturated heterocycles. The minimum atomic E-state index is -0.207. The van der Waals surface area contributed by atoms with E-state index in [1.807, 2.05) is 49.2 Å². The van der Waals surface area contributed by atoms with Gasteiger partial charge in [0.25, 0.3) is 5.91 Å². The van der Waals surface area contributed by atoms with E-state index in [1.165, 1.54) is 31.0 Å². The Kier molecular flexibility index (Phi) is 7.62. The number of carbonyl (C=O) groups is 2. The first-order chi connectivity index (χ1) is 14.0. The number of carbonyl (C=O) groups excluding carboxylic acids is 2. The molecule has 6 heteroatoms. The lowest BCUT2D eigenvalue weighted by molar-refractivity contribution is -0.129. The fourth-order valence-electron chi connectivity index (χ4n) is 3.56. The fourth-order valence-corrected chi connectivity index (χ4v) is 4.72. The maximum Gasteiger partial charge on any atom is 0.256 e. The zero-order valence-electron chi connectivity index (χ0n) is 16.9. The Bertz CT molecular complexity index is 881. The number of hydrogen-bond donors (Lipinski definition) is 1. The number of hydrogen-bond acceptors (Lipinski definition) is 3. The van der Waals surface area contributed by atoms with Crippen molar-refractivity contribution in [2.75, 3.05) is 18.1 Å². The van der Waals surface area contributed by atoms with E-state index in [0.717, 1.165) is 23.3 Å². The summed E-state index contributed by atoms with van der Waals surface area (Å²) in [6, 6.07) is 13.2. The number of thioether (sulfide) groups is 1. The average Bonchev–Trinajstić information content (AvgIpc) is 2.75. The molecule has 0 heterocycles. The van der Waals surface area contributed by atoms with Crippen molar-refractivity contribution in [3.8, 4) is 0 Å². The maximum absolute atomic E-state index is 12.8. The number of benzene rings is 2. The maximum atomic E-state index is 12.8. The van der Waals surface area contributed by atoms with Gasteiger partial charge in [-0.25, -0.2) is 0 Å². The quantitative estimate of drug-likeness (QED) is 0.590. The van der Waals surface area contributed by atoms with Gasteiger partial charge in [-0.15, -0.1) is 11.8 Å². The summed E-state index contributed by atoms with van der Waals surface area (Å²) in [6.07, 6.45) is 5.83. The monoisotopic (exact) mass is 430 g/mol. The highest BCUT2D eigenvalue weighted by molar-refractivity contribution is 8.00. The molecule has 2 aromatic carbocycles. The molecule has 0 bridgehead atoms. The second-order valence-electron chi connectivity index (χ2n) is 7.50. The summed E-state index contributed by atoms with van der Waals surface area (Å²) in [5.74, 6) is 0.233. The molecule has 154 valence electrons. The first-order valence-electron chi connectivity index (χ1n) is 10.0. The second-order valence-corrected chi connectivity index (χ2v) is 8.92. The number of nitrogens with one attached hydrogen (secondary N) is 1. The number of anilines is 1. The highest BCUT2D eigenvalue weighted by Crippen LogP contribution is 2.27. The third-order valence-electron chi connectivity index (χ3n) is 5.43. The van der Waals surface area contributed by atoms with E-state index >= 15 is 0 Å². The Morgan fingerprint density at radius 1 is 1.14 bits per heavy atom. The standard InChI is InChI=1S/C23H27ClN2O2S/c1-16-12-13-17(14-20(16)24)25-23(28)19-10-6-7-11-21(19)29-15-22(27)26(2)18-8-4-3-5-9-18/h6-7,10-14,18H,3-5,8-9,15H2,1-2H3,(H,25,28). The zero-order chi connectivity index (χ0) is 20.8. The van der Waals surface area contributed by atoms with Crippen LogP contribution in [0.1, 0.15) is 48.0 Å². The predicted molar refractivity (Wildman–Crippen MR) is 121 cm³/mol. The third kappa shape index (κ3) is 5.77. The lowest BCUT2D eigenvalue weighted by Gasteiger charge is -2.31. The third-order valence-corrected chi connectivity index (χ3v) is 6.89. The van der Waals surface area contributed by atoms with E-state index in [2.05, 4.69) is 5.32 Å². The lowest BCUT2D eigenvalue weighted by atomic mass is 9.94. The smallest absolute Gasteiger partial charge is 0.256 e. The van der Waals surface area contributed by atoms with Crippen molar-refractivity contribution >= 4 is 40.9 Å². The molecule has 0 unspecified atom stereocenters. The molecule has 0 spiro atoms. The largest absolute Gasteiger partial charge is 0.342 e. The van der Waals surface area contributed by atoms with Crippen LogP contribution >= 0.6 is 23.4 Å². The first kappa shape index (κ1) is 21.7. The van der Waals surface area contributed by atoms with Crippen LogP contribution in [0.15, 0.2) is 47.4 Å². The molecule has 0 radical (unpaired) electrons. The van der Waals surface area contributed by atoms with E-state index < -0.39 is 0 Å². The van der Waals surface area contributed by atoms with Gasteiger partial charge in [-0.2, -0.15) is 0 Å². The van der Waals surface area contributed by atoms with Gasteiger partial charge in [-0.1, -0.05) is 49.1 Å². The van der Waals surface area contributed by atoms with Gasteiger partial charge < -0.3 is 10.2 Å². The molecule has 1 saturated carbocycles. The highest BCUT2D eigenvalue weighted by atomic mass is 35.5. The summed E-state index contributed by atoms with van der Waals surface area (Å²) >= 11 is 7.57. The molecule has 0 aromatic heterocycles. The SMILES string of the molecule is Cc1ccc(NC(=O)c2ccccc2SCC(=O)N(C)C2CCCCC2)cc1Cl. The predicted octanol–water partition coefficient (Wildman–Crippen LogP) is 5.78. The number of aryl methyl sites for hydroxylation is 1. The highest BCUT2D eigenvalue weighted by Gasteiger charge is 2.22. The Hall–Kier alpha value is -1.98. The van der Waals surface area contributed by atoms with E-state index in [4.69, 9.17) is 11.6 Å². The molecule has 1 fully saturated rings. The van der Waals surface area contributed by atoms with Crippen molar-refractivity contribution in [3.05, 3.63) is 58.6 Å². The van der Waals surface area contributed by atoms with Gasteiger partial charge in [0, 0.05) is 28.7 Å². The molecule has 29 heavy (non-hydrogen) atoms. The van der Waals surface area contributed by atoms with Crippen molar-refractivity contribution in [1.29, 1.82) is 0 Å². The van der Waals surface area contributed by atoms with Crippen LogP contribution in [0, 0.1) is 6.92 Å². The molecule has 1 N–H and O–H groups in total. The van der Waals surface area contributed by atoms with E-state index in [-0.39, 0.29) is 11.8 Å². The summed E-state index contributed by atoms with van der Waals surface area (Å²) in [4.78, 5) is 28.1. The van der Waals surface area contributed by atoms with Crippen LogP contribution in [-0.2, 0) is 4.79 Å². The van der Waals surface area contributed by atoms with Crippen LogP contribution in [0.3, 0.4) is 0 Å². The second kappa shape index (κ2) is 10.2. The van der Waals surface area contributed by atoms with Gasteiger partial charge in [0.15, 0.2) is 0 Å². The van der Waals surface area contributed by atoms with Crippen LogP contribution in [0.25, 0.3) is 0 Å². The fraction of sp³-hybridized carbons (Fsp3) is 0.391. The molecule has 4 nitrogen and oxygen atoms in total. The average molecular weight is 431 g/mol. The van der Waals surface area contributed by atoms with Gasteiger partial charge in [-0.05, 0) is 49.6 Å². The van der Waals surface area contributed by atoms with Gasteiger partial charge in [0.2, 0.25) is 5.91 Å². The van der Waals surface area contributed by atoms with Crippen LogP contribution in [0.2, 0.25) is 5.02 Å². The topological polar surface area (TPSA) is 49.4 Å². The van der Waals surface area contributed by atoms with Gasteiger partial charge in [0.1, 0.15) is 0 Å². The van der Waals surface area contributed by atoms with Gasteiger partial charge in [0.05, 0.1) is 11.3 Å². The summed E-state index contributed by atoms with van der Waals surface area (Å²) in [5, 5.41) is 3.51.